The largest absolute Gasteiger partial charge is 0.508 e. The molecule has 0 bridgehead atoms. The first kappa shape index (κ1) is 65.2. The highest BCUT2D eigenvalue weighted by Crippen LogP contribution is 2.39. The molecule has 7 N–H and O–H groups in total. The number of hydrogen-bond acceptors (Lipinski definition) is 17. The summed E-state index contributed by atoms with van der Waals surface area (Å²) in [6.07, 6.45) is 3.56. The van der Waals surface area contributed by atoms with Crippen LogP contribution in [0.4, 0.5) is 10.0 Å². The van der Waals surface area contributed by atoms with E-state index in [1.807, 2.05) is 79.0 Å². The molecule has 3 aromatic heterocycles. The number of aromatic nitrogens is 4. The van der Waals surface area contributed by atoms with Gasteiger partial charge in [-0.2, -0.15) is 0 Å². The van der Waals surface area contributed by atoms with Crippen LogP contribution < -0.4 is 36.6 Å². The zero-order valence-corrected chi connectivity index (χ0v) is 49.7. The summed E-state index contributed by atoms with van der Waals surface area (Å²) in [5.41, 5.74) is 3.53. The Morgan fingerprint density at radius 2 is 1.45 bits per heavy atom. The number of phenolic OH excluding ortho intramolecular Hbond substituents is 1. The van der Waals surface area contributed by atoms with Gasteiger partial charge < -0.3 is 51.5 Å². The lowest BCUT2D eigenvalue weighted by molar-refractivity contribution is -0.140. The second kappa shape index (κ2) is 34.6. The Morgan fingerprint density at radius 1 is 0.819 bits per heavy atom. The minimum Gasteiger partial charge on any atom is -0.508 e. The number of benzene rings is 4. The van der Waals surface area contributed by atoms with Crippen LogP contribution in [0.2, 0.25) is 0 Å². The highest BCUT2D eigenvalue weighted by atomic mass is 32.1. The first-order valence-corrected chi connectivity index (χ1v) is 29.0. The Kier molecular flexibility index (Phi) is 27.2. The van der Waals surface area contributed by atoms with E-state index >= 15 is 0 Å². The number of ether oxygens (including phenoxy) is 1. The molecule has 1 aliphatic heterocycles. The molecular formula is C60H70N12O8S3. The number of nitrogens with one attached hydrogen (secondary N) is 6. The number of thiazole rings is 2. The fourth-order valence-electron chi connectivity index (χ4n) is 7.86. The molecule has 1 fully saturated rings. The van der Waals surface area contributed by atoms with Crippen LogP contribution in [0.25, 0.3) is 32.5 Å². The third-order valence-corrected chi connectivity index (χ3v) is 14.9. The van der Waals surface area contributed by atoms with Gasteiger partial charge in [0, 0.05) is 47.3 Å². The third-order valence-electron chi connectivity index (χ3n) is 12.4. The molecule has 4 heterocycles. The quantitative estimate of drug-likeness (QED) is 0.0266. The van der Waals surface area contributed by atoms with Crippen molar-refractivity contribution >= 4 is 79.7 Å². The maximum atomic E-state index is 13.9. The molecule has 0 aliphatic carbocycles. The van der Waals surface area contributed by atoms with Crippen LogP contribution in [0, 0.1) is 11.8 Å². The molecule has 4 atom stereocenters. The van der Waals surface area contributed by atoms with Gasteiger partial charge in [-0.1, -0.05) is 120 Å². The summed E-state index contributed by atoms with van der Waals surface area (Å²) < 4.78 is 9.60. The predicted molar refractivity (Wildman–Crippen MR) is 329 cm³/mol. The van der Waals surface area contributed by atoms with Crippen LogP contribution in [0.1, 0.15) is 58.6 Å². The van der Waals surface area contributed by atoms with Crippen molar-refractivity contribution in [3.63, 3.8) is 0 Å². The standard InChI is InChI=1S/C29H32N6O4S.C23H28N6O3S2.C6H6O.C2H4/c1-4-5-18-39-22-15-13-21(14-16-22)25(31-26(36)19(2)30-3)29(38)35-17-9-12-23(35)27(37)32-28-24(33-34-40-28)20-10-7-6-8-11-20;1-4-11-29(18(31)13-26-20(32)15(2)24-3)14-17(30)27-21-19(16-8-6-5-7-9-16)28-23(34-21)22-25-10-12-33-22;7-6-4-2-1-3-5-6;1-2/h6-8,10-11,13-16,19,23,25,30H,9,12,17-18H2,1-3H3,(H,31,36)(H,32,37);5-10,12,15,24H,4,11,13-14H2,1-3H3,(H,26,32)(H,27,30);1-5,7H;1-2H2/t19-,23-,25-;15-;;/m00../s1. The van der Waals surface area contributed by atoms with E-state index in [0.29, 0.717) is 75.8 Å². The number of likely N-dealkylation sites (N-methyl/N-ethyl adjacent to an activating group) is 2. The van der Waals surface area contributed by atoms with Gasteiger partial charge in [0.15, 0.2) is 10.0 Å². The number of anilines is 2. The number of nitrogens with zero attached hydrogens (tertiary/aromatic N) is 6. The molecule has 1 saturated heterocycles. The third kappa shape index (κ3) is 19.8. The van der Waals surface area contributed by atoms with Crippen molar-refractivity contribution in [2.24, 2.45) is 0 Å². The fourth-order valence-corrected chi connectivity index (χ4v) is 10.1. The van der Waals surface area contributed by atoms with Gasteiger partial charge >= 0.3 is 0 Å². The van der Waals surface area contributed by atoms with Crippen LogP contribution in [-0.4, -0.2) is 135 Å². The van der Waals surface area contributed by atoms with Crippen molar-refractivity contribution in [3.05, 3.63) is 146 Å². The van der Waals surface area contributed by atoms with Crippen LogP contribution in [0.5, 0.6) is 11.5 Å². The topological polar surface area (TPSA) is 262 Å². The Labute approximate surface area is 496 Å². The highest BCUT2D eigenvalue weighted by molar-refractivity contribution is 7.23. The van der Waals surface area contributed by atoms with Crippen molar-refractivity contribution in [2.75, 3.05) is 57.5 Å². The zero-order chi connectivity index (χ0) is 60.1. The number of hydrogen-bond donors (Lipinski definition) is 7. The molecule has 83 heavy (non-hydrogen) atoms. The van der Waals surface area contributed by atoms with Gasteiger partial charge in [-0.3, -0.25) is 28.8 Å². The average Bonchev–Trinajstić information content (AvgIpc) is 4.60. The van der Waals surface area contributed by atoms with Gasteiger partial charge in [0.1, 0.15) is 51.6 Å². The molecule has 8 rings (SSSR count). The summed E-state index contributed by atoms with van der Waals surface area (Å²) in [6, 6.07) is 32.1. The predicted octanol–water partition coefficient (Wildman–Crippen LogP) is 8.03. The van der Waals surface area contributed by atoms with E-state index in [2.05, 4.69) is 71.5 Å². The maximum absolute atomic E-state index is 13.9. The van der Waals surface area contributed by atoms with Gasteiger partial charge in [0.05, 0.1) is 25.2 Å². The molecule has 0 unspecified atom stereocenters. The number of amides is 6. The molecule has 0 saturated carbocycles. The molecule has 6 amide bonds. The molecule has 20 nitrogen and oxygen atoms in total. The number of rotatable bonds is 21. The number of carbonyl (C=O) groups is 6. The molecule has 1 aliphatic rings. The number of carbonyl (C=O) groups excluding carboxylic acids is 6. The lowest BCUT2D eigenvalue weighted by Gasteiger charge is -2.29. The van der Waals surface area contributed by atoms with E-state index in [9.17, 15) is 28.8 Å². The first-order valence-electron chi connectivity index (χ1n) is 26.6. The van der Waals surface area contributed by atoms with Gasteiger partial charge in [-0.25, -0.2) is 9.97 Å². The number of likely N-dealkylation sites (tertiary alicyclic amines) is 1. The first-order chi connectivity index (χ1) is 40.2. The van der Waals surface area contributed by atoms with E-state index in [-0.39, 0.29) is 55.1 Å². The minimum absolute atomic E-state index is 0.122. The monoisotopic (exact) mass is 1180 g/mol. The van der Waals surface area contributed by atoms with Crippen molar-refractivity contribution in [2.45, 2.75) is 71.1 Å². The Balaban J connectivity index is 0.000000267. The van der Waals surface area contributed by atoms with Crippen LogP contribution in [0.3, 0.4) is 0 Å². The number of phenols is 1. The Bertz CT molecular complexity index is 3210. The lowest BCUT2D eigenvalue weighted by Crippen LogP contribution is -2.51. The average molecular weight is 1180 g/mol. The van der Waals surface area contributed by atoms with Crippen molar-refractivity contribution in [1.29, 1.82) is 0 Å². The van der Waals surface area contributed by atoms with Crippen LogP contribution >= 0.6 is 34.2 Å². The smallest absolute Gasteiger partial charge is 0.250 e. The normalized spacial score (nSPS) is 13.2. The molecular weight excluding hydrogens is 1110 g/mol. The van der Waals surface area contributed by atoms with Crippen LogP contribution in [-0.2, 0) is 28.8 Å². The highest BCUT2D eigenvalue weighted by Gasteiger charge is 2.39. The lowest BCUT2D eigenvalue weighted by atomic mass is 10.0. The second-order valence-corrected chi connectivity index (χ2v) is 20.7. The molecule has 0 spiro atoms. The number of aromatic hydroxyl groups is 1. The Morgan fingerprint density at radius 3 is 2.02 bits per heavy atom. The summed E-state index contributed by atoms with van der Waals surface area (Å²) in [5, 5.41) is 34.3. The summed E-state index contributed by atoms with van der Waals surface area (Å²) in [4.78, 5) is 89.8. The van der Waals surface area contributed by atoms with Crippen molar-refractivity contribution in [1.82, 2.24) is 50.6 Å². The summed E-state index contributed by atoms with van der Waals surface area (Å²) in [7, 11) is 3.34. The van der Waals surface area contributed by atoms with Crippen molar-refractivity contribution < 1.29 is 38.6 Å². The van der Waals surface area contributed by atoms with Gasteiger partial charge in [0.2, 0.25) is 35.4 Å². The van der Waals surface area contributed by atoms with Gasteiger partial charge in [0.25, 0.3) is 0 Å². The summed E-state index contributed by atoms with van der Waals surface area (Å²) >= 11 is 3.91. The van der Waals surface area contributed by atoms with Crippen LogP contribution in [0.15, 0.2) is 140 Å². The molecule has 436 valence electrons. The summed E-state index contributed by atoms with van der Waals surface area (Å²) in [5.74, 6) is 4.60. The van der Waals surface area contributed by atoms with E-state index in [1.54, 1.807) is 94.5 Å². The molecule has 4 aromatic carbocycles. The van der Waals surface area contributed by atoms with E-state index < -0.39 is 24.2 Å². The zero-order valence-electron chi connectivity index (χ0n) is 47.2. The maximum Gasteiger partial charge on any atom is 0.250 e. The summed E-state index contributed by atoms with van der Waals surface area (Å²) in [6.45, 7) is 13.8. The van der Waals surface area contributed by atoms with Gasteiger partial charge in [-0.05, 0) is 84.0 Å². The number of para-hydroxylation sites is 1. The molecule has 0 radical (unpaired) electrons. The SMILES string of the molecule is C=C.CC#CCOc1ccc([C@H](NC(=O)[C@H](C)NC)C(=O)N2CCC[C@H]2C(=O)Nc2snnc2-c2ccccc2)cc1.CCCN(CC(=O)Nc1sc(-c2nccs2)nc1-c1ccccc1)C(=O)CNC(=O)[C@H](C)NC.Oc1ccccc1. The van der Waals surface area contributed by atoms with Crippen molar-refractivity contribution in [3.8, 4) is 55.9 Å². The van der Waals surface area contributed by atoms with E-state index in [0.717, 1.165) is 27.7 Å². The Hall–Kier alpha value is -8.66. The molecule has 23 heteroatoms. The van der Waals surface area contributed by atoms with Gasteiger partial charge in [-0.15, -0.1) is 35.5 Å². The van der Waals surface area contributed by atoms with E-state index in [1.165, 1.54) is 27.6 Å². The van der Waals surface area contributed by atoms with E-state index in [4.69, 9.17) is 14.8 Å². The molecule has 7 aromatic rings. The minimum atomic E-state index is -0.980. The second-order valence-electron chi connectivity index (χ2n) is 18.1. The fraction of sp³-hybridized carbons (Fsp3) is 0.300.